The average Bonchev–Trinajstić information content (AvgIpc) is 2.72. The van der Waals surface area contributed by atoms with Crippen LogP contribution in [0, 0.1) is 5.92 Å². The molecular formula is C23H29N3O2. The molecule has 0 bridgehead atoms. The number of pyridine rings is 1. The van der Waals surface area contributed by atoms with Crippen LogP contribution in [-0.2, 0) is 11.2 Å². The molecule has 0 aliphatic carbocycles. The maximum atomic E-state index is 12.5. The summed E-state index contributed by atoms with van der Waals surface area (Å²) in [6.45, 7) is 7.25. The summed E-state index contributed by atoms with van der Waals surface area (Å²) in [7, 11) is 0. The average molecular weight is 380 g/mol. The fourth-order valence-electron chi connectivity index (χ4n) is 3.55. The van der Waals surface area contributed by atoms with Crippen LogP contribution in [0.5, 0.6) is 0 Å². The highest BCUT2D eigenvalue weighted by Gasteiger charge is 2.22. The smallest absolute Gasteiger partial charge is 0.223 e. The van der Waals surface area contributed by atoms with E-state index in [-0.39, 0.29) is 24.5 Å². The zero-order valence-corrected chi connectivity index (χ0v) is 16.8. The summed E-state index contributed by atoms with van der Waals surface area (Å²) in [6, 6.07) is 13.7. The molecule has 2 heterocycles. The van der Waals surface area contributed by atoms with Crippen molar-refractivity contribution in [3.8, 4) is 0 Å². The van der Waals surface area contributed by atoms with E-state index in [0.29, 0.717) is 24.6 Å². The van der Waals surface area contributed by atoms with Gasteiger partial charge in [0.25, 0.3) is 0 Å². The Morgan fingerprint density at radius 2 is 1.68 bits per heavy atom. The van der Waals surface area contributed by atoms with Crippen molar-refractivity contribution in [1.82, 2.24) is 9.88 Å². The van der Waals surface area contributed by atoms with Crippen LogP contribution in [0.2, 0.25) is 0 Å². The van der Waals surface area contributed by atoms with Crippen molar-refractivity contribution in [3.05, 3.63) is 59.8 Å². The molecule has 3 rings (SSSR count). The Bertz CT molecular complexity index is 779. The molecule has 1 aromatic heterocycles. The summed E-state index contributed by atoms with van der Waals surface area (Å²) in [5.41, 5.74) is 1.94. The minimum Gasteiger partial charge on any atom is -0.353 e. The number of hydrogen-bond acceptors (Lipinski definition) is 4. The van der Waals surface area contributed by atoms with Crippen molar-refractivity contribution < 1.29 is 9.59 Å². The Morgan fingerprint density at radius 1 is 0.964 bits per heavy atom. The minimum absolute atomic E-state index is 0.0385. The highest BCUT2D eigenvalue weighted by Crippen LogP contribution is 2.15. The van der Waals surface area contributed by atoms with Gasteiger partial charge in [-0.05, 0) is 30.0 Å². The first kappa shape index (κ1) is 20.1. The normalized spacial score (nSPS) is 14.4. The number of carbonyl (C=O) groups excluding carboxylic acids is 2. The molecule has 1 saturated heterocycles. The number of aromatic nitrogens is 1. The fraction of sp³-hybridized carbons (Fsp3) is 0.435. The second-order valence-corrected chi connectivity index (χ2v) is 7.77. The first-order chi connectivity index (χ1) is 13.5. The number of nitrogens with zero attached hydrogens (tertiary/aromatic N) is 3. The van der Waals surface area contributed by atoms with E-state index >= 15 is 0 Å². The molecule has 0 unspecified atom stereocenters. The molecule has 148 valence electrons. The van der Waals surface area contributed by atoms with Gasteiger partial charge in [0.1, 0.15) is 5.82 Å². The first-order valence-electron chi connectivity index (χ1n) is 10.1. The molecule has 0 saturated carbocycles. The van der Waals surface area contributed by atoms with Gasteiger partial charge in [-0.15, -0.1) is 0 Å². The Labute approximate surface area is 167 Å². The second-order valence-electron chi connectivity index (χ2n) is 7.77. The number of ketones is 1. The van der Waals surface area contributed by atoms with E-state index in [2.05, 4.69) is 23.7 Å². The lowest BCUT2D eigenvalue weighted by atomic mass is 9.99. The van der Waals surface area contributed by atoms with Gasteiger partial charge in [0.15, 0.2) is 5.78 Å². The van der Waals surface area contributed by atoms with E-state index < -0.39 is 0 Å². The lowest BCUT2D eigenvalue weighted by molar-refractivity contribution is -0.131. The summed E-state index contributed by atoms with van der Waals surface area (Å²) >= 11 is 0. The van der Waals surface area contributed by atoms with Gasteiger partial charge in [-0.2, -0.15) is 0 Å². The van der Waals surface area contributed by atoms with Crippen LogP contribution in [0.1, 0.15) is 42.6 Å². The van der Waals surface area contributed by atoms with Crippen molar-refractivity contribution in [2.75, 3.05) is 31.1 Å². The van der Waals surface area contributed by atoms with Crippen LogP contribution >= 0.6 is 0 Å². The molecule has 0 radical (unpaired) electrons. The van der Waals surface area contributed by atoms with Crippen molar-refractivity contribution >= 4 is 17.5 Å². The monoisotopic (exact) mass is 379 g/mol. The van der Waals surface area contributed by atoms with Crippen molar-refractivity contribution in [3.63, 3.8) is 0 Å². The molecular weight excluding hydrogens is 350 g/mol. The number of anilines is 1. The van der Waals surface area contributed by atoms with E-state index in [9.17, 15) is 9.59 Å². The maximum Gasteiger partial charge on any atom is 0.223 e. The SMILES string of the molecule is CC(C)Cc1ccc(C(=O)CCC(=O)N2CCN(c3ccccn3)CC2)cc1. The fourth-order valence-corrected chi connectivity index (χ4v) is 3.55. The molecule has 1 aromatic carbocycles. The van der Waals surface area contributed by atoms with Gasteiger partial charge in [-0.1, -0.05) is 44.2 Å². The molecule has 1 aliphatic rings. The topological polar surface area (TPSA) is 53.5 Å². The number of benzene rings is 1. The van der Waals surface area contributed by atoms with Gasteiger partial charge in [-0.25, -0.2) is 4.98 Å². The minimum atomic E-state index is 0.0385. The van der Waals surface area contributed by atoms with Crippen LogP contribution in [0.3, 0.4) is 0 Å². The predicted molar refractivity (Wildman–Crippen MR) is 112 cm³/mol. The van der Waals surface area contributed by atoms with Gasteiger partial charge in [0.2, 0.25) is 5.91 Å². The van der Waals surface area contributed by atoms with Crippen LogP contribution in [0.15, 0.2) is 48.7 Å². The quantitative estimate of drug-likeness (QED) is 0.690. The standard InChI is InChI=1S/C23H29N3O2/c1-18(2)17-19-6-8-20(9-7-19)21(27)10-11-23(28)26-15-13-25(14-16-26)22-5-3-4-12-24-22/h3-9,12,18H,10-11,13-17H2,1-2H3. The Morgan fingerprint density at radius 3 is 2.29 bits per heavy atom. The van der Waals surface area contributed by atoms with Crippen molar-refractivity contribution in [2.24, 2.45) is 5.92 Å². The largest absolute Gasteiger partial charge is 0.353 e. The number of carbonyl (C=O) groups is 2. The Hall–Kier alpha value is -2.69. The first-order valence-corrected chi connectivity index (χ1v) is 10.1. The highest BCUT2D eigenvalue weighted by atomic mass is 16.2. The third-order valence-corrected chi connectivity index (χ3v) is 5.09. The molecule has 5 heteroatoms. The van der Waals surface area contributed by atoms with Crippen LogP contribution in [-0.4, -0.2) is 47.8 Å². The van der Waals surface area contributed by atoms with Crippen LogP contribution in [0.25, 0.3) is 0 Å². The molecule has 0 atom stereocenters. The molecule has 1 aliphatic heterocycles. The molecule has 1 amide bonds. The summed E-state index contributed by atoms with van der Waals surface area (Å²) in [6.07, 6.45) is 3.34. The molecule has 1 fully saturated rings. The number of amides is 1. The van der Waals surface area contributed by atoms with E-state index in [1.807, 2.05) is 47.4 Å². The molecule has 5 nitrogen and oxygen atoms in total. The molecule has 0 N–H and O–H groups in total. The van der Waals surface area contributed by atoms with Gasteiger partial charge < -0.3 is 9.80 Å². The zero-order chi connectivity index (χ0) is 19.9. The third kappa shape index (κ3) is 5.41. The van der Waals surface area contributed by atoms with Crippen LogP contribution < -0.4 is 4.90 Å². The molecule has 2 aromatic rings. The van der Waals surface area contributed by atoms with Gasteiger partial charge >= 0.3 is 0 Å². The molecule has 0 spiro atoms. The zero-order valence-electron chi connectivity index (χ0n) is 16.8. The number of hydrogen-bond donors (Lipinski definition) is 0. The molecule has 28 heavy (non-hydrogen) atoms. The van der Waals surface area contributed by atoms with E-state index in [1.54, 1.807) is 6.20 Å². The van der Waals surface area contributed by atoms with Gasteiger partial charge in [0, 0.05) is 50.8 Å². The second kappa shape index (κ2) is 9.49. The predicted octanol–water partition coefficient (Wildman–Crippen LogP) is 3.59. The van der Waals surface area contributed by atoms with Crippen LogP contribution in [0.4, 0.5) is 5.82 Å². The number of piperazine rings is 1. The summed E-state index contributed by atoms with van der Waals surface area (Å²) in [4.78, 5) is 33.3. The van der Waals surface area contributed by atoms with E-state index in [0.717, 1.165) is 25.3 Å². The van der Waals surface area contributed by atoms with E-state index in [1.165, 1.54) is 5.56 Å². The maximum absolute atomic E-state index is 12.5. The Balaban J connectivity index is 1.44. The highest BCUT2D eigenvalue weighted by molar-refractivity contribution is 5.98. The summed E-state index contributed by atoms with van der Waals surface area (Å²) in [5, 5.41) is 0. The van der Waals surface area contributed by atoms with Gasteiger partial charge in [0.05, 0.1) is 0 Å². The number of Topliss-reactive ketones (excluding diaryl/α,β-unsaturated/α-hetero) is 1. The lowest BCUT2D eigenvalue weighted by Crippen LogP contribution is -2.49. The number of rotatable bonds is 7. The Kier molecular flexibility index (Phi) is 6.80. The van der Waals surface area contributed by atoms with E-state index in [4.69, 9.17) is 0 Å². The lowest BCUT2D eigenvalue weighted by Gasteiger charge is -2.35. The summed E-state index contributed by atoms with van der Waals surface area (Å²) < 4.78 is 0. The van der Waals surface area contributed by atoms with Crippen molar-refractivity contribution in [1.29, 1.82) is 0 Å². The summed E-state index contributed by atoms with van der Waals surface area (Å²) in [5.74, 6) is 1.64. The third-order valence-electron chi connectivity index (χ3n) is 5.09. The van der Waals surface area contributed by atoms with Gasteiger partial charge in [-0.3, -0.25) is 9.59 Å². The van der Waals surface area contributed by atoms with Crippen molar-refractivity contribution in [2.45, 2.75) is 33.1 Å².